The van der Waals surface area contributed by atoms with E-state index in [9.17, 15) is 0 Å². The van der Waals surface area contributed by atoms with Gasteiger partial charge in [-0.25, -0.2) is 4.98 Å². The summed E-state index contributed by atoms with van der Waals surface area (Å²) in [5.41, 5.74) is 1.15. The van der Waals surface area contributed by atoms with E-state index in [0.29, 0.717) is 6.54 Å². The molecule has 0 aliphatic rings. The molecule has 0 saturated carbocycles. The van der Waals surface area contributed by atoms with Crippen molar-refractivity contribution in [3.05, 3.63) is 46.5 Å². The van der Waals surface area contributed by atoms with Crippen LogP contribution in [0.15, 0.2) is 39.5 Å². The first-order chi connectivity index (χ1) is 7.25. The predicted octanol–water partition coefficient (Wildman–Crippen LogP) is 3.36. The summed E-state index contributed by atoms with van der Waals surface area (Å²) in [6.45, 7) is 2.68. The van der Waals surface area contributed by atoms with Crippen molar-refractivity contribution in [1.29, 1.82) is 0 Å². The van der Waals surface area contributed by atoms with Crippen molar-refractivity contribution in [2.45, 2.75) is 13.5 Å². The number of aryl methyl sites for hydroxylation is 1. The fourth-order valence-electron chi connectivity index (χ4n) is 1.26. The van der Waals surface area contributed by atoms with Gasteiger partial charge in [0.15, 0.2) is 0 Å². The Morgan fingerprint density at radius 1 is 1.40 bits per heavy atom. The largest absolute Gasteiger partial charge is 0.467 e. The van der Waals surface area contributed by atoms with Crippen LogP contribution in [0, 0.1) is 6.92 Å². The minimum Gasteiger partial charge on any atom is -0.467 e. The van der Waals surface area contributed by atoms with Crippen LogP contribution in [-0.4, -0.2) is 4.98 Å². The summed E-state index contributed by atoms with van der Waals surface area (Å²) in [5, 5.41) is 3.19. The Kier molecular flexibility index (Phi) is 3.06. The third-order valence-corrected chi connectivity index (χ3v) is 2.55. The van der Waals surface area contributed by atoms with E-state index in [1.165, 1.54) is 0 Å². The number of halogens is 1. The lowest BCUT2D eigenvalue weighted by atomic mass is 10.3. The second-order valence-electron chi connectivity index (χ2n) is 3.23. The van der Waals surface area contributed by atoms with Gasteiger partial charge in [-0.1, -0.05) is 6.07 Å². The van der Waals surface area contributed by atoms with Gasteiger partial charge in [0.05, 0.1) is 12.8 Å². The molecule has 0 aromatic carbocycles. The molecule has 3 nitrogen and oxygen atoms in total. The van der Waals surface area contributed by atoms with Gasteiger partial charge in [0, 0.05) is 0 Å². The SMILES string of the molecule is Cc1ccoc1CNc1cccc(Br)n1. The molecule has 78 valence electrons. The van der Waals surface area contributed by atoms with E-state index >= 15 is 0 Å². The lowest BCUT2D eigenvalue weighted by Gasteiger charge is -2.04. The van der Waals surface area contributed by atoms with Crippen LogP contribution in [0.4, 0.5) is 5.82 Å². The quantitative estimate of drug-likeness (QED) is 0.866. The molecule has 15 heavy (non-hydrogen) atoms. The maximum absolute atomic E-state index is 5.31. The van der Waals surface area contributed by atoms with Crippen molar-refractivity contribution in [2.75, 3.05) is 5.32 Å². The van der Waals surface area contributed by atoms with Crippen molar-refractivity contribution >= 4 is 21.7 Å². The summed E-state index contributed by atoms with van der Waals surface area (Å²) in [6.07, 6.45) is 1.70. The average Bonchev–Trinajstić information content (AvgIpc) is 2.61. The van der Waals surface area contributed by atoms with Gasteiger partial charge in [0.2, 0.25) is 0 Å². The molecule has 0 saturated heterocycles. The second-order valence-corrected chi connectivity index (χ2v) is 4.04. The van der Waals surface area contributed by atoms with E-state index in [0.717, 1.165) is 21.7 Å². The maximum Gasteiger partial charge on any atom is 0.127 e. The number of hydrogen-bond acceptors (Lipinski definition) is 3. The Bertz CT molecular complexity index is 453. The molecule has 2 heterocycles. The molecule has 4 heteroatoms. The third kappa shape index (κ3) is 2.59. The van der Waals surface area contributed by atoms with Crippen molar-refractivity contribution in [3.8, 4) is 0 Å². The molecule has 0 bridgehead atoms. The molecule has 1 N–H and O–H groups in total. The van der Waals surface area contributed by atoms with Crippen molar-refractivity contribution < 1.29 is 4.42 Å². The lowest BCUT2D eigenvalue weighted by Crippen LogP contribution is -2.01. The van der Waals surface area contributed by atoms with Crippen molar-refractivity contribution in [1.82, 2.24) is 4.98 Å². The van der Waals surface area contributed by atoms with Crippen molar-refractivity contribution in [3.63, 3.8) is 0 Å². The third-order valence-electron chi connectivity index (χ3n) is 2.11. The van der Waals surface area contributed by atoms with E-state index < -0.39 is 0 Å². The number of hydrogen-bond donors (Lipinski definition) is 1. The van der Waals surface area contributed by atoms with Gasteiger partial charge in [-0.05, 0) is 46.6 Å². The van der Waals surface area contributed by atoms with Crippen molar-refractivity contribution in [2.24, 2.45) is 0 Å². The van der Waals surface area contributed by atoms with Crippen LogP contribution >= 0.6 is 15.9 Å². The molecule has 0 aliphatic carbocycles. The van der Waals surface area contributed by atoms with Crippen LogP contribution < -0.4 is 5.32 Å². The van der Waals surface area contributed by atoms with Gasteiger partial charge in [-0.15, -0.1) is 0 Å². The Hall–Kier alpha value is -1.29. The fraction of sp³-hybridized carbons (Fsp3) is 0.182. The first-order valence-corrected chi connectivity index (χ1v) is 5.44. The molecule has 2 aromatic rings. The van der Waals surface area contributed by atoms with Crippen LogP contribution in [-0.2, 0) is 6.54 Å². The van der Waals surface area contributed by atoms with Crippen LogP contribution in [0.1, 0.15) is 11.3 Å². The number of nitrogens with zero attached hydrogens (tertiary/aromatic N) is 1. The van der Waals surface area contributed by atoms with Crippen LogP contribution in [0.25, 0.3) is 0 Å². The molecule has 0 amide bonds. The van der Waals surface area contributed by atoms with Crippen LogP contribution in [0.3, 0.4) is 0 Å². The van der Waals surface area contributed by atoms with E-state index in [-0.39, 0.29) is 0 Å². The Balaban J connectivity index is 2.02. The molecular formula is C11H11BrN2O. The minimum absolute atomic E-state index is 0.655. The first kappa shape index (κ1) is 10.2. The summed E-state index contributed by atoms with van der Waals surface area (Å²) >= 11 is 3.32. The normalized spacial score (nSPS) is 10.3. The predicted molar refractivity (Wildman–Crippen MR) is 62.7 cm³/mol. The average molecular weight is 267 g/mol. The summed E-state index contributed by atoms with van der Waals surface area (Å²) in [5.74, 6) is 1.77. The fourth-order valence-corrected chi connectivity index (χ4v) is 1.61. The van der Waals surface area contributed by atoms with E-state index in [1.54, 1.807) is 6.26 Å². The standard InChI is InChI=1S/C11H11BrN2O/c1-8-5-6-15-9(8)7-13-11-4-2-3-10(12)14-11/h2-6H,7H2,1H3,(H,13,14). The zero-order valence-corrected chi connectivity index (χ0v) is 9.91. The molecule has 0 unspecified atom stereocenters. The molecule has 2 aromatic heterocycles. The smallest absolute Gasteiger partial charge is 0.127 e. The molecule has 0 spiro atoms. The molecular weight excluding hydrogens is 256 g/mol. The number of anilines is 1. The maximum atomic E-state index is 5.31. The Morgan fingerprint density at radius 2 is 2.27 bits per heavy atom. The highest BCUT2D eigenvalue weighted by Crippen LogP contribution is 2.13. The molecule has 0 fully saturated rings. The summed E-state index contributed by atoms with van der Waals surface area (Å²) in [6, 6.07) is 7.70. The number of rotatable bonds is 3. The highest BCUT2D eigenvalue weighted by atomic mass is 79.9. The summed E-state index contributed by atoms with van der Waals surface area (Å²) < 4.78 is 6.14. The molecule has 2 rings (SSSR count). The number of aromatic nitrogens is 1. The number of furan rings is 1. The highest BCUT2D eigenvalue weighted by Gasteiger charge is 2.01. The first-order valence-electron chi connectivity index (χ1n) is 4.65. The van der Waals surface area contributed by atoms with Gasteiger partial charge in [-0.2, -0.15) is 0 Å². The number of nitrogens with one attached hydrogen (secondary N) is 1. The summed E-state index contributed by atoms with van der Waals surface area (Å²) in [4.78, 5) is 4.27. The molecule has 0 radical (unpaired) electrons. The van der Waals surface area contributed by atoms with Gasteiger partial charge < -0.3 is 9.73 Å². The Morgan fingerprint density at radius 3 is 2.93 bits per heavy atom. The minimum atomic E-state index is 0.655. The van der Waals surface area contributed by atoms with Crippen LogP contribution in [0.5, 0.6) is 0 Å². The summed E-state index contributed by atoms with van der Waals surface area (Å²) in [7, 11) is 0. The topological polar surface area (TPSA) is 38.1 Å². The van der Waals surface area contributed by atoms with Gasteiger partial charge in [-0.3, -0.25) is 0 Å². The Labute approximate surface area is 96.6 Å². The highest BCUT2D eigenvalue weighted by molar-refractivity contribution is 9.10. The lowest BCUT2D eigenvalue weighted by molar-refractivity contribution is 0.515. The van der Waals surface area contributed by atoms with Gasteiger partial charge in [0.25, 0.3) is 0 Å². The zero-order valence-electron chi connectivity index (χ0n) is 8.33. The molecule has 0 aliphatic heterocycles. The second kappa shape index (κ2) is 4.49. The number of pyridine rings is 1. The van der Waals surface area contributed by atoms with E-state index in [2.05, 4.69) is 26.2 Å². The molecule has 0 atom stereocenters. The monoisotopic (exact) mass is 266 g/mol. The van der Waals surface area contributed by atoms with Gasteiger partial charge >= 0.3 is 0 Å². The van der Waals surface area contributed by atoms with Gasteiger partial charge in [0.1, 0.15) is 16.2 Å². The van der Waals surface area contributed by atoms with E-state index in [1.807, 2.05) is 31.2 Å². The van der Waals surface area contributed by atoms with Crippen LogP contribution in [0.2, 0.25) is 0 Å². The zero-order chi connectivity index (χ0) is 10.7. The van der Waals surface area contributed by atoms with E-state index in [4.69, 9.17) is 4.42 Å².